The Morgan fingerprint density at radius 1 is 1.08 bits per heavy atom. The molecular formula is C19H23N3O2. The van der Waals surface area contributed by atoms with E-state index >= 15 is 0 Å². The molecule has 1 aliphatic heterocycles. The lowest BCUT2D eigenvalue weighted by atomic mass is 10.2. The van der Waals surface area contributed by atoms with Crippen LogP contribution in [0.5, 0.6) is 5.88 Å². The van der Waals surface area contributed by atoms with Gasteiger partial charge in [0.2, 0.25) is 5.88 Å². The predicted octanol–water partition coefficient (Wildman–Crippen LogP) is 2.44. The molecule has 0 atom stereocenters. The topological polar surface area (TPSA) is 45.7 Å². The van der Waals surface area contributed by atoms with Crippen molar-refractivity contribution in [2.75, 3.05) is 33.3 Å². The van der Waals surface area contributed by atoms with E-state index in [4.69, 9.17) is 4.74 Å². The Kier molecular flexibility index (Phi) is 5.43. The third-order valence-corrected chi connectivity index (χ3v) is 4.32. The van der Waals surface area contributed by atoms with Crippen LogP contribution in [0, 0.1) is 0 Å². The van der Waals surface area contributed by atoms with Crippen LogP contribution < -0.4 is 4.74 Å². The van der Waals surface area contributed by atoms with Crippen LogP contribution >= 0.6 is 0 Å². The van der Waals surface area contributed by atoms with E-state index in [1.807, 2.05) is 11.0 Å². The van der Waals surface area contributed by atoms with Gasteiger partial charge in [-0.3, -0.25) is 9.69 Å². The van der Waals surface area contributed by atoms with Gasteiger partial charge in [-0.25, -0.2) is 4.98 Å². The molecule has 1 amide bonds. The van der Waals surface area contributed by atoms with Crippen molar-refractivity contribution >= 4 is 5.91 Å². The number of carbonyl (C=O) groups excluding carboxylic acids is 1. The number of aromatic nitrogens is 1. The van der Waals surface area contributed by atoms with E-state index in [-0.39, 0.29) is 5.91 Å². The molecule has 0 saturated carbocycles. The second-order valence-electron chi connectivity index (χ2n) is 6.00. The van der Waals surface area contributed by atoms with E-state index in [1.165, 1.54) is 5.56 Å². The molecule has 2 heterocycles. The number of nitrogens with zero attached hydrogens (tertiary/aromatic N) is 3. The number of hydrogen-bond donors (Lipinski definition) is 0. The van der Waals surface area contributed by atoms with Crippen molar-refractivity contribution in [3.05, 3.63) is 59.8 Å². The first-order valence-electron chi connectivity index (χ1n) is 8.32. The fraction of sp³-hybridized carbons (Fsp3) is 0.368. The Morgan fingerprint density at radius 2 is 1.92 bits per heavy atom. The summed E-state index contributed by atoms with van der Waals surface area (Å²) >= 11 is 0. The van der Waals surface area contributed by atoms with Crippen LogP contribution in [0.4, 0.5) is 0 Å². The number of amides is 1. The quantitative estimate of drug-likeness (QED) is 0.866. The highest BCUT2D eigenvalue weighted by molar-refractivity contribution is 5.94. The van der Waals surface area contributed by atoms with Crippen LogP contribution in [0.2, 0.25) is 0 Å². The third kappa shape index (κ3) is 4.11. The molecule has 2 aromatic rings. The van der Waals surface area contributed by atoms with Crippen LogP contribution in [-0.2, 0) is 6.54 Å². The van der Waals surface area contributed by atoms with Crippen molar-refractivity contribution in [3.63, 3.8) is 0 Å². The number of benzene rings is 1. The molecule has 5 nitrogen and oxygen atoms in total. The van der Waals surface area contributed by atoms with Crippen molar-refractivity contribution in [1.82, 2.24) is 14.8 Å². The van der Waals surface area contributed by atoms with Gasteiger partial charge in [-0.2, -0.15) is 0 Å². The lowest BCUT2D eigenvalue weighted by Gasteiger charge is -2.22. The molecule has 126 valence electrons. The van der Waals surface area contributed by atoms with Crippen LogP contribution in [-0.4, -0.2) is 54.0 Å². The number of hydrogen-bond acceptors (Lipinski definition) is 4. The molecule has 1 aromatic heterocycles. The van der Waals surface area contributed by atoms with E-state index < -0.39 is 0 Å². The maximum absolute atomic E-state index is 12.6. The Bertz CT molecular complexity index is 658. The number of ether oxygens (including phenoxy) is 1. The average Bonchev–Trinajstić information content (AvgIpc) is 2.88. The number of carbonyl (C=O) groups is 1. The van der Waals surface area contributed by atoms with Gasteiger partial charge in [0, 0.05) is 45.0 Å². The molecule has 0 unspecified atom stereocenters. The summed E-state index contributed by atoms with van der Waals surface area (Å²) in [5.41, 5.74) is 1.93. The highest BCUT2D eigenvalue weighted by atomic mass is 16.5. The second kappa shape index (κ2) is 7.93. The molecule has 1 aromatic carbocycles. The largest absolute Gasteiger partial charge is 0.481 e. The van der Waals surface area contributed by atoms with E-state index in [0.29, 0.717) is 11.4 Å². The Balaban J connectivity index is 1.59. The van der Waals surface area contributed by atoms with Gasteiger partial charge in [0.15, 0.2) is 0 Å². The first-order chi connectivity index (χ1) is 11.8. The zero-order valence-electron chi connectivity index (χ0n) is 14.0. The van der Waals surface area contributed by atoms with Crippen molar-refractivity contribution in [1.29, 1.82) is 0 Å². The van der Waals surface area contributed by atoms with Crippen LogP contribution in [0.1, 0.15) is 22.3 Å². The maximum atomic E-state index is 12.6. The maximum Gasteiger partial charge on any atom is 0.255 e. The molecule has 0 spiro atoms. The Morgan fingerprint density at radius 3 is 2.62 bits per heavy atom. The third-order valence-electron chi connectivity index (χ3n) is 4.32. The van der Waals surface area contributed by atoms with Gasteiger partial charge in [0.25, 0.3) is 5.91 Å². The molecule has 1 aliphatic rings. The van der Waals surface area contributed by atoms with Crippen LogP contribution in [0.3, 0.4) is 0 Å². The summed E-state index contributed by atoms with van der Waals surface area (Å²) in [6.07, 6.45) is 2.58. The van der Waals surface area contributed by atoms with E-state index in [9.17, 15) is 4.79 Å². The van der Waals surface area contributed by atoms with Crippen LogP contribution in [0.25, 0.3) is 0 Å². The van der Waals surface area contributed by atoms with Crippen LogP contribution in [0.15, 0.2) is 48.7 Å². The van der Waals surface area contributed by atoms with Gasteiger partial charge in [0.05, 0.1) is 12.7 Å². The predicted molar refractivity (Wildman–Crippen MR) is 93.0 cm³/mol. The van der Waals surface area contributed by atoms with E-state index in [1.54, 1.807) is 25.4 Å². The summed E-state index contributed by atoms with van der Waals surface area (Å²) in [4.78, 5) is 21.1. The van der Waals surface area contributed by atoms with Gasteiger partial charge >= 0.3 is 0 Å². The van der Waals surface area contributed by atoms with Gasteiger partial charge in [-0.15, -0.1) is 0 Å². The summed E-state index contributed by atoms with van der Waals surface area (Å²) in [6, 6.07) is 14.0. The Hall–Kier alpha value is -2.40. The molecule has 1 saturated heterocycles. The number of pyridine rings is 1. The van der Waals surface area contributed by atoms with Crippen molar-refractivity contribution < 1.29 is 9.53 Å². The summed E-state index contributed by atoms with van der Waals surface area (Å²) in [7, 11) is 1.57. The second-order valence-corrected chi connectivity index (χ2v) is 6.00. The summed E-state index contributed by atoms with van der Waals surface area (Å²) in [5.74, 6) is 0.572. The smallest absolute Gasteiger partial charge is 0.255 e. The van der Waals surface area contributed by atoms with Gasteiger partial charge in [-0.05, 0) is 18.1 Å². The molecule has 5 heteroatoms. The standard InChI is InChI=1S/C19H23N3O2/c1-24-18-9-8-17(14-20-18)19(23)22-11-5-10-21(12-13-22)15-16-6-3-2-4-7-16/h2-4,6-9,14H,5,10-13,15H2,1H3. The van der Waals surface area contributed by atoms with Gasteiger partial charge in [-0.1, -0.05) is 30.3 Å². The minimum atomic E-state index is 0.0479. The molecule has 0 aliphatic carbocycles. The fourth-order valence-electron chi connectivity index (χ4n) is 2.98. The molecule has 0 radical (unpaired) electrons. The number of rotatable bonds is 4. The van der Waals surface area contributed by atoms with Gasteiger partial charge in [0.1, 0.15) is 0 Å². The average molecular weight is 325 g/mol. The molecular weight excluding hydrogens is 302 g/mol. The monoisotopic (exact) mass is 325 g/mol. The highest BCUT2D eigenvalue weighted by Crippen LogP contribution is 2.13. The zero-order chi connectivity index (χ0) is 16.8. The van der Waals surface area contributed by atoms with Gasteiger partial charge < -0.3 is 9.64 Å². The van der Waals surface area contributed by atoms with E-state index in [2.05, 4.69) is 34.1 Å². The molecule has 24 heavy (non-hydrogen) atoms. The molecule has 0 bridgehead atoms. The summed E-state index contributed by atoms with van der Waals surface area (Å²) < 4.78 is 5.04. The molecule has 1 fully saturated rings. The highest BCUT2D eigenvalue weighted by Gasteiger charge is 2.20. The van der Waals surface area contributed by atoms with Crippen molar-refractivity contribution in [2.24, 2.45) is 0 Å². The summed E-state index contributed by atoms with van der Waals surface area (Å²) in [6.45, 7) is 4.38. The fourth-order valence-corrected chi connectivity index (χ4v) is 2.98. The lowest BCUT2D eigenvalue weighted by molar-refractivity contribution is 0.0760. The SMILES string of the molecule is COc1ccc(C(=O)N2CCCN(Cc3ccccc3)CC2)cn1. The first-order valence-corrected chi connectivity index (χ1v) is 8.32. The summed E-state index contributed by atoms with van der Waals surface area (Å²) in [5, 5.41) is 0. The minimum Gasteiger partial charge on any atom is -0.481 e. The van der Waals surface area contributed by atoms with Crippen molar-refractivity contribution in [2.45, 2.75) is 13.0 Å². The minimum absolute atomic E-state index is 0.0479. The lowest BCUT2D eigenvalue weighted by Crippen LogP contribution is -2.35. The normalized spacial score (nSPS) is 15.8. The molecule has 0 N–H and O–H groups in total. The van der Waals surface area contributed by atoms with Crippen molar-refractivity contribution in [3.8, 4) is 5.88 Å². The number of methoxy groups -OCH3 is 1. The van der Waals surface area contributed by atoms with E-state index in [0.717, 1.165) is 39.1 Å². The molecule has 3 rings (SSSR count). The Labute approximate surface area is 142 Å². The zero-order valence-corrected chi connectivity index (χ0v) is 14.0. The first kappa shape index (κ1) is 16.5.